The normalized spacial score (nSPS) is 21.4. The summed E-state index contributed by atoms with van der Waals surface area (Å²) >= 11 is 0. The lowest BCUT2D eigenvalue weighted by atomic mass is 10.0. The standard InChI is InChI=1S/C9H11N3/c10-7-12-6-2-4-8-3-1-5-11-9(8)12/h2,4,11H,1,3,5-6H2. The van der Waals surface area contributed by atoms with E-state index in [2.05, 4.69) is 17.6 Å². The molecule has 0 aliphatic carbocycles. The van der Waals surface area contributed by atoms with Crippen LogP contribution in [0.3, 0.4) is 0 Å². The Labute approximate surface area is 72.0 Å². The van der Waals surface area contributed by atoms with Gasteiger partial charge >= 0.3 is 0 Å². The van der Waals surface area contributed by atoms with Gasteiger partial charge in [0, 0.05) is 6.54 Å². The predicted octanol–water partition coefficient (Wildman–Crippen LogP) is 0.934. The molecule has 2 rings (SSSR count). The van der Waals surface area contributed by atoms with Gasteiger partial charge in [-0.1, -0.05) is 12.2 Å². The Morgan fingerprint density at radius 2 is 2.50 bits per heavy atom. The van der Waals surface area contributed by atoms with Gasteiger partial charge in [-0.15, -0.1) is 0 Å². The van der Waals surface area contributed by atoms with E-state index in [9.17, 15) is 0 Å². The topological polar surface area (TPSA) is 39.1 Å². The van der Waals surface area contributed by atoms with Gasteiger partial charge in [0.15, 0.2) is 6.19 Å². The quantitative estimate of drug-likeness (QED) is 0.537. The maximum atomic E-state index is 8.80. The van der Waals surface area contributed by atoms with E-state index in [0.29, 0.717) is 6.54 Å². The zero-order chi connectivity index (χ0) is 8.39. The van der Waals surface area contributed by atoms with Crippen LogP contribution in [0.4, 0.5) is 0 Å². The molecule has 2 aliphatic heterocycles. The van der Waals surface area contributed by atoms with Crippen molar-refractivity contribution >= 4 is 0 Å². The highest BCUT2D eigenvalue weighted by molar-refractivity contribution is 5.31. The van der Waals surface area contributed by atoms with Gasteiger partial charge in [-0.05, 0) is 18.4 Å². The summed E-state index contributed by atoms with van der Waals surface area (Å²) in [7, 11) is 0. The summed E-state index contributed by atoms with van der Waals surface area (Å²) in [5.41, 5.74) is 1.27. The van der Waals surface area contributed by atoms with Gasteiger partial charge in [0.2, 0.25) is 0 Å². The van der Waals surface area contributed by atoms with E-state index in [1.54, 1.807) is 4.90 Å². The number of hydrogen-bond donors (Lipinski definition) is 1. The van der Waals surface area contributed by atoms with E-state index in [1.165, 1.54) is 12.0 Å². The highest BCUT2D eigenvalue weighted by Gasteiger charge is 2.18. The molecule has 0 radical (unpaired) electrons. The molecule has 0 amide bonds. The second-order valence-electron chi connectivity index (χ2n) is 3.02. The van der Waals surface area contributed by atoms with Gasteiger partial charge in [0.1, 0.15) is 5.82 Å². The van der Waals surface area contributed by atoms with E-state index in [1.807, 2.05) is 6.08 Å². The summed E-state index contributed by atoms with van der Waals surface area (Å²) in [5.74, 6) is 1.02. The van der Waals surface area contributed by atoms with Gasteiger partial charge in [0.25, 0.3) is 0 Å². The van der Waals surface area contributed by atoms with E-state index >= 15 is 0 Å². The van der Waals surface area contributed by atoms with E-state index in [0.717, 1.165) is 18.8 Å². The lowest BCUT2D eigenvalue weighted by Crippen LogP contribution is -2.34. The molecule has 0 bridgehead atoms. The van der Waals surface area contributed by atoms with Crippen LogP contribution in [0.15, 0.2) is 23.5 Å². The number of nitrogens with zero attached hydrogens (tertiary/aromatic N) is 2. The minimum atomic E-state index is 0.711. The molecule has 0 atom stereocenters. The van der Waals surface area contributed by atoms with Crippen molar-refractivity contribution in [1.29, 1.82) is 5.26 Å². The van der Waals surface area contributed by atoms with Crippen LogP contribution in [-0.4, -0.2) is 18.0 Å². The van der Waals surface area contributed by atoms with E-state index in [4.69, 9.17) is 5.26 Å². The molecule has 0 aromatic heterocycles. The van der Waals surface area contributed by atoms with Crippen molar-refractivity contribution in [3.8, 4) is 6.19 Å². The number of hydrogen-bond acceptors (Lipinski definition) is 3. The lowest BCUT2D eigenvalue weighted by molar-refractivity contribution is 0.444. The fraction of sp³-hybridized carbons (Fsp3) is 0.444. The Morgan fingerprint density at radius 3 is 3.33 bits per heavy atom. The minimum Gasteiger partial charge on any atom is -0.371 e. The number of nitrogens with one attached hydrogen (secondary N) is 1. The first-order valence-electron chi connectivity index (χ1n) is 4.22. The average molecular weight is 161 g/mol. The zero-order valence-corrected chi connectivity index (χ0v) is 6.88. The Balaban J connectivity index is 2.31. The predicted molar refractivity (Wildman–Crippen MR) is 45.7 cm³/mol. The van der Waals surface area contributed by atoms with Crippen LogP contribution >= 0.6 is 0 Å². The van der Waals surface area contributed by atoms with Crippen molar-refractivity contribution in [3.05, 3.63) is 23.5 Å². The van der Waals surface area contributed by atoms with Crippen LogP contribution in [0.2, 0.25) is 0 Å². The first kappa shape index (κ1) is 7.23. The Bertz CT molecular complexity index is 283. The highest BCUT2D eigenvalue weighted by atomic mass is 15.2. The van der Waals surface area contributed by atoms with Crippen LogP contribution in [0.1, 0.15) is 12.8 Å². The molecule has 12 heavy (non-hydrogen) atoms. The molecule has 62 valence electrons. The molecule has 0 saturated heterocycles. The van der Waals surface area contributed by atoms with Crippen molar-refractivity contribution in [1.82, 2.24) is 10.2 Å². The molecule has 2 aliphatic rings. The highest BCUT2D eigenvalue weighted by Crippen LogP contribution is 2.21. The Morgan fingerprint density at radius 1 is 1.58 bits per heavy atom. The number of nitriles is 1. The number of rotatable bonds is 0. The summed E-state index contributed by atoms with van der Waals surface area (Å²) in [5, 5.41) is 12.1. The first-order chi connectivity index (χ1) is 5.92. The third kappa shape index (κ3) is 1.06. The Kier molecular flexibility index (Phi) is 1.75. The maximum Gasteiger partial charge on any atom is 0.185 e. The molecule has 0 fully saturated rings. The van der Waals surface area contributed by atoms with Crippen molar-refractivity contribution in [2.75, 3.05) is 13.1 Å². The molecule has 3 nitrogen and oxygen atoms in total. The Hall–Kier alpha value is -1.43. The van der Waals surface area contributed by atoms with Gasteiger partial charge in [-0.3, -0.25) is 4.90 Å². The molecule has 0 unspecified atom stereocenters. The third-order valence-corrected chi connectivity index (χ3v) is 2.22. The minimum absolute atomic E-state index is 0.711. The zero-order valence-electron chi connectivity index (χ0n) is 6.88. The van der Waals surface area contributed by atoms with E-state index in [-0.39, 0.29) is 0 Å². The van der Waals surface area contributed by atoms with Gasteiger partial charge in [-0.25, -0.2) is 0 Å². The van der Waals surface area contributed by atoms with Crippen LogP contribution in [0.5, 0.6) is 0 Å². The molecule has 2 heterocycles. The average Bonchev–Trinajstić information content (AvgIpc) is 2.17. The maximum absolute atomic E-state index is 8.80. The van der Waals surface area contributed by atoms with E-state index < -0.39 is 0 Å². The number of allylic oxidation sites excluding steroid dienone is 2. The molecular formula is C9H11N3. The fourth-order valence-electron chi connectivity index (χ4n) is 1.63. The van der Waals surface area contributed by atoms with Gasteiger partial charge in [-0.2, -0.15) is 5.26 Å². The molecule has 0 aromatic carbocycles. The first-order valence-corrected chi connectivity index (χ1v) is 4.22. The summed E-state index contributed by atoms with van der Waals surface area (Å²) in [6.07, 6.45) is 8.59. The summed E-state index contributed by atoms with van der Waals surface area (Å²) in [6, 6.07) is 0. The van der Waals surface area contributed by atoms with Crippen molar-refractivity contribution in [2.45, 2.75) is 12.8 Å². The van der Waals surface area contributed by atoms with Gasteiger partial charge < -0.3 is 5.32 Å². The largest absolute Gasteiger partial charge is 0.371 e. The second-order valence-corrected chi connectivity index (χ2v) is 3.02. The van der Waals surface area contributed by atoms with Crippen LogP contribution in [-0.2, 0) is 0 Å². The van der Waals surface area contributed by atoms with Crippen LogP contribution in [0.25, 0.3) is 0 Å². The summed E-state index contributed by atoms with van der Waals surface area (Å²) < 4.78 is 0. The molecule has 3 heteroatoms. The molecule has 0 saturated carbocycles. The van der Waals surface area contributed by atoms with Crippen molar-refractivity contribution < 1.29 is 0 Å². The molecule has 0 aromatic rings. The van der Waals surface area contributed by atoms with Gasteiger partial charge in [0.05, 0.1) is 6.54 Å². The monoisotopic (exact) mass is 161 g/mol. The SMILES string of the molecule is N#CN1CC=CC2=C1NCCC2. The van der Waals surface area contributed by atoms with Crippen LogP contribution < -0.4 is 5.32 Å². The fourth-order valence-corrected chi connectivity index (χ4v) is 1.63. The third-order valence-electron chi connectivity index (χ3n) is 2.22. The molecular weight excluding hydrogens is 150 g/mol. The molecule has 1 N–H and O–H groups in total. The van der Waals surface area contributed by atoms with Crippen molar-refractivity contribution in [2.24, 2.45) is 0 Å². The summed E-state index contributed by atoms with van der Waals surface area (Å²) in [4.78, 5) is 1.70. The molecule has 0 spiro atoms. The van der Waals surface area contributed by atoms with Crippen LogP contribution in [0, 0.1) is 11.5 Å². The lowest BCUT2D eigenvalue weighted by Gasteiger charge is -2.28. The second kappa shape index (κ2) is 2.90. The van der Waals surface area contributed by atoms with Crippen molar-refractivity contribution in [3.63, 3.8) is 0 Å². The summed E-state index contributed by atoms with van der Waals surface area (Å²) in [6.45, 7) is 1.70. The smallest absolute Gasteiger partial charge is 0.185 e.